The standard InChI is InChI=1S/C26H29N5O5S/c1-13(2)21(19-10-20(33)30-36-19)24(34)31-11-17(32)9-18(31)23-28-25(35)26(4,29-23)16-7-5-15(6-8-16)22-14(3)27-12-37-22/h5-8,10,12-13,17-18,21,32H,9,11H2,1-4H3,(H,30,33)(H,28,29,35)/t17-,18?,21-,26+/m1/s1. The van der Waals surface area contributed by atoms with Crippen molar-refractivity contribution in [3.63, 3.8) is 0 Å². The number of aliphatic hydroxyl groups is 1. The van der Waals surface area contributed by atoms with Gasteiger partial charge in [-0.25, -0.2) is 9.98 Å². The summed E-state index contributed by atoms with van der Waals surface area (Å²) in [7, 11) is 0. The number of thiazole rings is 1. The third-order valence-electron chi connectivity index (χ3n) is 7.14. The number of likely N-dealkylation sites (tertiary alicyclic amines) is 1. The fraction of sp³-hybridized carbons (Fsp3) is 0.423. The fourth-order valence-corrected chi connectivity index (χ4v) is 5.93. The van der Waals surface area contributed by atoms with Crippen LogP contribution < -0.4 is 10.9 Å². The maximum absolute atomic E-state index is 13.7. The van der Waals surface area contributed by atoms with Crippen molar-refractivity contribution in [2.75, 3.05) is 6.54 Å². The summed E-state index contributed by atoms with van der Waals surface area (Å²) in [4.78, 5) is 50.2. The highest BCUT2D eigenvalue weighted by molar-refractivity contribution is 7.13. The number of aryl methyl sites for hydroxylation is 1. The first kappa shape index (κ1) is 25.1. The van der Waals surface area contributed by atoms with Crippen LogP contribution in [0.4, 0.5) is 0 Å². The predicted molar refractivity (Wildman–Crippen MR) is 138 cm³/mol. The molecular weight excluding hydrogens is 494 g/mol. The van der Waals surface area contributed by atoms with Crippen LogP contribution in [0.2, 0.25) is 0 Å². The third-order valence-corrected chi connectivity index (χ3v) is 8.12. The number of nitrogens with zero attached hydrogens (tertiary/aromatic N) is 3. The van der Waals surface area contributed by atoms with Gasteiger partial charge < -0.3 is 19.8 Å². The van der Waals surface area contributed by atoms with E-state index in [9.17, 15) is 19.5 Å². The van der Waals surface area contributed by atoms with E-state index in [1.807, 2.05) is 45.0 Å². The number of nitrogens with one attached hydrogen (secondary N) is 2. The van der Waals surface area contributed by atoms with Gasteiger partial charge in [-0.3, -0.25) is 14.4 Å². The van der Waals surface area contributed by atoms with Crippen LogP contribution in [-0.4, -0.2) is 56.5 Å². The van der Waals surface area contributed by atoms with Crippen molar-refractivity contribution in [2.24, 2.45) is 10.9 Å². The molecule has 4 atom stereocenters. The zero-order chi connectivity index (χ0) is 26.5. The van der Waals surface area contributed by atoms with Crippen LogP contribution in [-0.2, 0) is 15.1 Å². The van der Waals surface area contributed by atoms with Gasteiger partial charge in [-0.05, 0) is 30.9 Å². The molecular formula is C26H29N5O5S. The lowest BCUT2D eigenvalue weighted by atomic mass is 9.91. The number of aliphatic hydroxyl groups excluding tert-OH is 1. The highest BCUT2D eigenvalue weighted by Crippen LogP contribution is 2.36. The van der Waals surface area contributed by atoms with Crippen LogP contribution in [0.25, 0.3) is 10.4 Å². The van der Waals surface area contributed by atoms with Gasteiger partial charge >= 0.3 is 0 Å². The van der Waals surface area contributed by atoms with Crippen molar-refractivity contribution >= 4 is 29.0 Å². The quantitative estimate of drug-likeness (QED) is 0.454. The second-order valence-corrected chi connectivity index (χ2v) is 11.0. The Labute approximate surface area is 217 Å². The third kappa shape index (κ3) is 4.42. The number of aromatic nitrogens is 2. The normalized spacial score (nSPS) is 24.4. The van der Waals surface area contributed by atoms with Gasteiger partial charge in [-0.1, -0.05) is 38.1 Å². The van der Waals surface area contributed by atoms with Crippen LogP contribution in [0.3, 0.4) is 0 Å². The van der Waals surface area contributed by atoms with E-state index < -0.39 is 29.2 Å². The molecule has 37 heavy (non-hydrogen) atoms. The Balaban J connectivity index is 1.44. The minimum Gasteiger partial charge on any atom is -0.391 e. The predicted octanol–water partition coefficient (Wildman–Crippen LogP) is 2.54. The van der Waals surface area contributed by atoms with Crippen molar-refractivity contribution in [3.05, 3.63) is 63.2 Å². The molecule has 1 aromatic carbocycles. The number of amidine groups is 1. The second-order valence-electron chi connectivity index (χ2n) is 10.1. The van der Waals surface area contributed by atoms with Crippen LogP contribution in [0.1, 0.15) is 50.1 Å². The SMILES string of the molecule is Cc1ncsc1-c1ccc([C@]2(C)N=C(C3C[C@@H](O)CN3C(=O)[C@@H](c3cc(=O)[nH]o3)C(C)C)NC2=O)cc1. The summed E-state index contributed by atoms with van der Waals surface area (Å²) in [5.41, 5.74) is 2.89. The molecule has 5 rings (SSSR count). The smallest absolute Gasteiger partial charge is 0.280 e. The first-order valence-corrected chi connectivity index (χ1v) is 13.1. The van der Waals surface area contributed by atoms with Gasteiger partial charge in [-0.15, -0.1) is 11.3 Å². The van der Waals surface area contributed by atoms with E-state index in [-0.39, 0.29) is 36.5 Å². The van der Waals surface area contributed by atoms with Crippen LogP contribution in [0.15, 0.2) is 50.2 Å². The first-order chi connectivity index (χ1) is 17.6. The molecule has 1 saturated heterocycles. The molecule has 3 N–H and O–H groups in total. The van der Waals surface area contributed by atoms with E-state index in [1.54, 1.807) is 23.8 Å². The minimum absolute atomic E-state index is 0.0931. The van der Waals surface area contributed by atoms with Gasteiger partial charge in [0.2, 0.25) is 5.91 Å². The lowest BCUT2D eigenvalue weighted by molar-refractivity contribution is -0.134. The Kier molecular flexibility index (Phi) is 6.36. The number of carbonyl (C=O) groups excluding carboxylic acids is 2. The summed E-state index contributed by atoms with van der Waals surface area (Å²) in [6, 6.07) is 8.34. The van der Waals surface area contributed by atoms with Gasteiger partial charge in [0.25, 0.3) is 11.5 Å². The number of aromatic amines is 1. The number of H-pyrrole nitrogens is 1. The number of hydrogen-bond donors (Lipinski definition) is 3. The number of β-amino-alcohol motifs (C(OH)–C–C–N with tert-alkyl or cyclic N) is 1. The lowest BCUT2D eigenvalue weighted by Gasteiger charge is -2.29. The van der Waals surface area contributed by atoms with Gasteiger partial charge in [0, 0.05) is 19.0 Å². The summed E-state index contributed by atoms with van der Waals surface area (Å²) in [6.07, 6.45) is -0.528. The van der Waals surface area contributed by atoms with E-state index in [4.69, 9.17) is 9.52 Å². The van der Waals surface area contributed by atoms with Crippen molar-refractivity contribution in [2.45, 2.75) is 57.7 Å². The van der Waals surface area contributed by atoms with Crippen molar-refractivity contribution < 1.29 is 19.2 Å². The van der Waals surface area contributed by atoms with Gasteiger partial charge in [-0.2, -0.15) is 5.16 Å². The average molecular weight is 524 g/mol. The summed E-state index contributed by atoms with van der Waals surface area (Å²) in [5, 5.41) is 15.6. The zero-order valence-corrected chi connectivity index (χ0v) is 21.8. The Bertz CT molecular complexity index is 1420. The molecule has 1 unspecified atom stereocenters. The van der Waals surface area contributed by atoms with E-state index >= 15 is 0 Å². The highest BCUT2D eigenvalue weighted by Gasteiger charge is 2.48. The van der Waals surface area contributed by atoms with Gasteiger partial charge in [0.15, 0.2) is 11.3 Å². The van der Waals surface area contributed by atoms with Crippen molar-refractivity contribution in [3.8, 4) is 10.4 Å². The summed E-state index contributed by atoms with van der Waals surface area (Å²) in [5.74, 6) is -0.903. The van der Waals surface area contributed by atoms with Crippen LogP contribution in [0.5, 0.6) is 0 Å². The molecule has 2 aliphatic heterocycles. The summed E-state index contributed by atoms with van der Waals surface area (Å²) in [6.45, 7) is 7.51. The lowest BCUT2D eigenvalue weighted by Crippen LogP contribution is -2.48. The molecule has 10 nitrogen and oxygen atoms in total. The van der Waals surface area contributed by atoms with Crippen molar-refractivity contribution in [1.82, 2.24) is 20.4 Å². The molecule has 2 amide bonds. The molecule has 4 heterocycles. The van der Waals surface area contributed by atoms with Gasteiger partial charge in [0.05, 0.1) is 28.2 Å². The fourth-order valence-electron chi connectivity index (χ4n) is 5.12. The molecule has 194 valence electrons. The molecule has 11 heteroatoms. The number of amides is 2. The topological polar surface area (TPSA) is 141 Å². The molecule has 3 aromatic rings. The number of rotatable bonds is 6. The molecule has 0 radical (unpaired) electrons. The Morgan fingerprint density at radius 2 is 2.00 bits per heavy atom. The highest BCUT2D eigenvalue weighted by atomic mass is 32.1. The molecule has 0 saturated carbocycles. The summed E-state index contributed by atoms with van der Waals surface area (Å²) < 4.78 is 5.26. The second kappa shape index (κ2) is 9.38. The monoisotopic (exact) mass is 523 g/mol. The number of benzene rings is 1. The van der Waals surface area contributed by atoms with Crippen LogP contribution >= 0.6 is 11.3 Å². The number of carbonyl (C=O) groups is 2. The maximum atomic E-state index is 13.7. The van der Waals surface area contributed by atoms with E-state index in [0.29, 0.717) is 5.84 Å². The molecule has 2 aromatic heterocycles. The van der Waals surface area contributed by atoms with Gasteiger partial charge in [0.1, 0.15) is 11.8 Å². The largest absolute Gasteiger partial charge is 0.391 e. The maximum Gasteiger partial charge on any atom is 0.280 e. The minimum atomic E-state index is -1.18. The number of aliphatic imine (C=N–C) groups is 1. The Morgan fingerprint density at radius 1 is 1.27 bits per heavy atom. The molecule has 2 aliphatic rings. The first-order valence-electron chi connectivity index (χ1n) is 12.2. The van der Waals surface area contributed by atoms with Crippen molar-refractivity contribution in [1.29, 1.82) is 0 Å². The molecule has 1 fully saturated rings. The Morgan fingerprint density at radius 3 is 2.59 bits per heavy atom. The van der Waals surface area contributed by atoms with E-state index in [1.165, 1.54) is 11.0 Å². The zero-order valence-electron chi connectivity index (χ0n) is 21.0. The summed E-state index contributed by atoms with van der Waals surface area (Å²) >= 11 is 1.56. The molecule has 0 bridgehead atoms. The number of hydrogen-bond acceptors (Lipinski definition) is 8. The van der Waals surface area contributed by atoms with E-state index in [2.05, 4.69) is 15.5 Å². The van der Waals surface area contributed by atoms with E-state index in [0.717, 1.165) is 21.7 Å². The molecule has 0 aliphatic carbocycles. The Hall–Kier alpha value is -3.57. The molecule has 0 spiro atoms. The van der Waals surface area contributed by atoms with Crippen LogP contribution in [0, 0.1) is 12.8 Å². The average Bonchev–Trinajstić information content (AvgIpc) is 3.62.